The van der Waals surface area contributed by atoms with Crippen molar-refractivity contribution in [3.05, 3.63) is 42.1 Å². The molecule has 2 aromatic rings. The van der Waals surface area contributed by atoms with Gasteiger partial charge in [0.05, 0.1) is 6.33 Å². The molecule has 22 heavy (non-hydrogen) atoms. The van der Waals surface area contributed by atoms with Crippen molar-refractivity contribution in [2.24, 2.45) is 0 Å². The van der Waals surface area contributed by atoms with E-state index >= 15 is 0 Å². The number of aromatic nitrogens is 3. The number of ether oxygens (including phenoxy) is 1. The quantitative estimate of drug-likeness (QED) is 0.847. The van der Waals surface area contributed by atoms with Gasteiger partial charge in [0.25, 0.3) is 5.91 Å². The summed E-state index contributed by atoms with van der Waals surface area (Å²) in [6, 6.07) is 3.50. The predicted octanol–water partition coefficient (Wildman–Crippen LogP) is 1.66. The van der Waals surface area contributed by atoms with Crippen molar-refractivity contribution in [3.8, 4) is 5.88 Å². The van der Waals surface area contributed by atoms with Crippen LogP contribution in [0, 0.1) is 0 Å². The zero-order valence-electron chi connectivity index (χ0n) is 12.1. The van der Waals surface area contributed by atoms with Crippen molar-refractivity contribution in [1.29, 1.82) is 0 Å². The number of H-pyrrole nitrogens is 1. The minimum absolute atomic E-state index is 0.149. The second-order valence-corrected chi connectivity index (χ2v) is 6.19. The largest absolute Gasteiger partial charge is 0.473 e. The first-order chi connectivity index (χ1) is 10.8. The highest BCUT2D eigenvalue weighted by Crippen LogP contribution is 2.24. The number of pyridine rings is 1. The number of thioether (sulfide) groups is 1. The molecule has 1 aliphatic heterocycles. The first-order valence-electron chi connectivity index (χ1n) is 7.28. The van der Waals surface area contributed by atoms with Gasteiger partial charge in [-0.25, -0.2) is 9.97 Å². The lowest BCUT2D eigenvalue weighted by Gasteiger charge is -2.14. The van der Waals surface area contributed by atoms with Gasteiger partial charge < -0.3 is 15.0 Å². The Labute approximate surface area is 133 Å². The Morgan fingerprint density at radius 2 is 2.50 bits per heavy atom. The van der Waals surface area contributed by atoms with Crippen LogP contribution < -0.4 is 10.1 Å². The number of aromatic amines is 1. The molecule has 6 nitrogen and oxygen atoms in total. The molecule has 0 radical (unpaired) electrons. The van der Waals surface area contributed by atoms with Crippen LogP contribution in [0.1, 0.15) is 22.5 Å². The SMILES string of the molecule is O=C(NCCc1cnc[nH]1)c1cccnc1OC1CCSC1. The topological polar surface area (TPSA) is 79.9 Å². The third kappa shape index (κ3) is 3.79. The van der Waals surface area contributed by atoms with E-state index in [0.717, 1.165) is 23.6 Å². The summed E-state index contributed by atoms with van der Waals surface area (Å²) in [5, 5.41) is 2.89. The maximum atomic E-state index is 12.3. The summed E-state index contributed by atoms with van der Waals surface area (Å²) in [7, 11) is 0. The van der Waals surface area contributed by atoms with Gasteiger partial charge >= 0.3 is 0 Å². The number of carbonyl (C=O) groups excluding carboxylic acids is 1. The number of nitrogens with zero attached hydrogens (tertiary/aromatic N) is 2. The molecule has 3 heterocycles. The summed E-state index contributed by atoms with van der Waals surface area (Å²) in [6.45, 7) is 0.536. The van der Waals surface area contributed by atoms with Crippen molar-refractivity contribution in [2.75, 3.05) is 18.1 Å². The second kappa shape index (κ2) is 7.31. The smallest absolute Gasteiger partial charge is 0.256 e. The summed E-state index contributed by atoms with van der Waals surface area (Å²) >= 11 is 1.87. The highest BCUT2D eigenvalue weighted by molar-refractivity contribution is 7.99. The van der Waals surface area contributed by atoms with Crippen LogP contribution >= 0.6 is 11.8 Å². The minimum atomic E-state index is -0.159. The number of hydrogen-bond acceptors (Lipinski definition) is 5. The Hall–Kier alpha value is -2.02. The van der Waals surface area contributed by atoms with Crippen molar-refractivity contribution >= 4 is 17.7 Å². The first kappa shape index (κ1) is 14.9. The zero-order valence-corrected chi connectivity index (χ0v) is 12.9. The number of nitrogens with one attached hydrogen (secondary N) is 2. The van der Waals surface area contributed by atoms with Crippen molar-refractivity contribution in [2.45, 2.75) is 18.9 Å². The summed E-state index contributed by atoms with van der Waals surface area (Å²) in [6.07, 6.45) is 6.89. The maximum Gasteiger partial charge on any atom is 0.256 e. The summed E-state index contributed by atoms with van der Waals surface area (Å²) in [5.74, 6) is 2.32. The monoisotopic (exact) mass is 318 g/mol. The summed E-state index contributed by atoms with van der Waals surface area (Å²) < 4.78 is 5.87. The molecule has 0 spiro atoms. The second-order valence-electron chi connectivity index (χ2n) is 5.04. The number of carbonyl (C=O) groups is 1. The molecule has 2 N–H and O–H groups in total. The third-order valence-corrected chi connectivity index (χ3v) is 4.55. The normalized spacial score (nSPS) is 17.4. The Balaban J connectivity index is 1.59. The van der Waals surface area contributed by atoms with E-state index in [2.05, 4.69) is 20.3 Å². The molecule has 1 aliphatic rings. The molecule has 1 atom stereocenters. The molecule has 0 aliphatic carbocycles. The Morgan fingerprint density at radius 1 is 1.55 bits per heavy atom. The molecule has 0 aromatic carbocycles. The highest BCUT2D eigenvalue weighted by atomic mass is 32.2. The van der Waals surface area contributed by atoms with Crippen LogP contribution in [0.4, 0.5) is 0 Å². The van der Waals surface area contributed by atoms with Gasteiger partial charge in [-0.15, -0.1) is 0 Å². The lowest BCUT2D eigenvalue weighted by atomic mass is 10.2. The molecule has 7 heteroatoms. The van der Waals surface area contributed by atoms with E-state index in [1.807, 2.05) is 11.8 Å². The van der Waals surface area contributed by atoms with Crippen molar-refractivity contribution in [3.63, 3.8) is 0 Å². The van der Waals surface area contributed by atoms with Gasteiger partial charge in [-0.05, 0) is 24.3 Å². The molecule has 1 saturated heterocycles. The van der Waals surface area contributed by atoms with Crippen molar-refractivity contribution in [1.82, 2.24) is 20.3 Å². The third-order valence-electron chi connectivity index (χ3n) is 3.42. The molecule has 0 bridgehead atoms. The molecular weight excluding hydrogens is 300 g/mol. The molecule has 1 unspecified atom stereocenters. The average Bonchev–Trinajstić information content (AvgIpc) is 3.21. The number of amides is 1. The van der Waals surface area contributed by atoms with Crippen LogP contribution in [0.2, 0.25) is 0 Å². The summed E-state index contributed by atoms with van der Waals surface area (Å²) in [4.78, 5) is 23.5. The molecule has 2 aromatic heterocycles. The predicted molar refractivity (Wildman–Crippen MR) is 85.2 cm³/mol. The maximum absolute atomic E-state index is 12.3. The van der Waals surface area contributed by atoms with Crippen LogP contribution in [0.15, 0.2) is 30.9 Å². The molecule has 116 valence electrons. The fourth-order valence-corrected chi connectivity index (χ4v) is 3.34. The molecule has 0 saturated carbocycles. The van der Waals surface area contributed by atoms with Crippen LogP contribution in [-0.4, -0.2) is 45.0 Å². The Bertz CT molecular complexity index is 612. The lowest BCUT2D eigenvalue weighted by Crippen LogP contribution is -2.27. The van der Waals surface area contributed by atoms with Crippen LogP contribution in [0.5, 0.6) is 5.88 Å². The van der Waals surface area contributed by atoms with Gasteiger partial charge in [0, 0.05) is 36.8 Å². The average molecular weight is 318 g/mol. The van der Waals surface area contributed by atoms with E-state index < -0.39 is 0 Å². The Morgan fingerprint density at radius 3 is 3.27 bits per heavy atom. The van der Waals surface area contributed by atoms with E-state index in [9.17, 15) is 4.79 Å². The standard InChI is InChI=1S/C15H18N4O2S/c20-14(17-6-3-11-8-16-10-19-11)13-2-1-5-18-15(13)21-12-4-7-22-9-12/h1-2,5,8,10,12H,3-4,6-7,9H2,(H,16,19)(H,17,20). The van der Waals surface area contributed by atoms with E-state index in [-0.39, 0.29) is 12.0 Å². The minimum Gasteiger partial charge on any atom is -0.473 e. The molecule has 1 amide bonds. The molecular formula is C15H18N4O2S. The zero-order chi connectivity index (χ0) is 15.2. The highest BCUT2D eigenvalue weighted by Gasteiger charge is 2.21. The van der Waals surface area contributed by atoms with E-state index in [0.29, 0.717) is 24.4 Å². The van der Waals surface area contributed by atoms with Crippen LogP contribution in [-0.2, 0) is 6.42 Å². The fraction of sp³-hybridized carbons (Fsp3) is 0.400. The van der Waals surface area contributed by atoms with E-state index in [1.54, 1.807) is 30.9 Å². The number of imidazole rings is 1. The first-order valence-corrected chi connectivity index (χ1v) is 8.43. The Kier molecular flexibility index (Phi) is 4.95. The van der Waals surface area contributed by atoms with Crippen LogP contribution in [0.25, 0.3) is 0 Å². The molecule has 1 fully saturated rings. The van der Waals surface area contributed by atoms with Gasteiger partial charge in [-0.3, -0.25) is 4.79 Å². The van der Waals surface area contributed by atoms with Gasteiger partial charge in [-0.1, -0.05) is 0 Å². The van der Waals surface area contributed by atoms with E-state index in [1.165, 1.54) is 0 Å². The molecule has 3 rings (SSSR count). The van der Waals surface area contributed by atoms with Crippen LogP contribution in [0.3, 0.4) is 0 Å². The van der Waals surface area contributed by atoms with E-state index in [4.69, 9.17) is 4.74 Å². The number of hydrogen-bond donors (Lipinski definition) is 2. The fourth-order valence-electron chi connectivity index (χ4n) is 2.25. The number of rotatable bonds is 6. The van der Waals surface area contributed by atoms with Gasteiger partial charge in [0.15, 0.2) is 0 Å². The van der Waals surface area contributed by atoms with Gasteiger partial charge in [0.1, 0.15) is 11.7 Å². The van der Waals surface area contributed by atoms with Crippen molar-refractivity contribution < 1.29 is 9.53 Å². The lowest BCUT2D eigenvalue weighted by molar-refractivity contribution is 0.0946. The van der Waals surface area contributed by atoms with Gasteiger partial charge in [-0.2, -0.15) is 11.8 Å². The summed E-state index contributed by atoms with van der Waals surface area (Å²) in [5.41, 5.74) is 1.48. The van der Waals surface area contributed by atoms with Gasteiger partial charge in [0.2, 0.25) is 5.88 Å².